The molecular weight excluding hydrogens is 208 g/mol. The third kappa shape index (κ3) is 1.20. The molecule has 6 nitrogen and oxygen atoms in total. The normalized spacial score (nSPS) is 10.8. The van der Waals surface area contributed by atoms with E-state index >= 15 is 0 Å². The summed E-state index contributed by atoms with van der Waals surface area (Å²) in [6.45, 7) is 0. The Morgan fingerprint density at radius 2 is 2.19 bits per heavy atom. The molecule has 0 radical (unpaired) electrons. The molecular formula is C10H6N4O2. The highest BCUT2D eigenvalue weighted by atomic mass is 16.5. The smallest absolute Gasteiger partial charge is 0.256 e. The second kappa shape index (κ2) is 3.27. The zero-order chi connectivity index (χ0) is 11.0. The first kappa shape index (κ1) is 8.78. The minimum absolute atomic E-state index is 0.186. The summed E-state index contributed by atoms with van der Waals surface area (Å²) in [4.78, 5) is 15.8. The molecule has 0 saturated carbocycles. The van der Waals surface area contributed by atoms with Gasteiger partial charge in [0.15, 0.2) is 6.26 Å². The monoisotopic (exact) mass is 214 g/mol. The molecule has 0 spiro atoms. The lowest BCUT2D eigenvalue weighted by molar-refractivity contribution is 0.393. The van der Waals surface area contributed by atoms with Crippen molar-refractivity contribution in [1.29, 1.82) is 0 Å². The highest BCUT2D eigenvalue weighted by Crippen LogP contribution is 2.12. The van der Waals surface area contributed by atoms with E-state index in [-0.39, 0.29) is 5.56 Å². The molecule has 3 aromatic heterocycles. The van der Waals surface area contributed by atoms with Gasteiger partial charge in [0.1, 0.15) is 0 Å². The van der Waals surface area contributed by atoms with Crippen molar-refractivity contribution in [2.24, 2.45) is 0 Å². The van der Waals surface area contributed by atoms with Gasteiger partial charge in [0.25, 0.3) is 5.56 Å². The second-order valence-corrected chi connectivity index (χ2v) is 3.20. The van der Waals surface area contributed by atoms with Gasteiger partial charge in [-0.25, -0.2) is 0 Å². The fourth-order valence-corrected chi connectivity index (χ4v) is 1.58. The zero-order valence-electron chi connectivity index (χ0n) is 8.07. The van der Waals surface area contributed by atoms with Crippen LogP contribution in [0.3, 0.4) is 0 Å². The fourth-order valence-electron chi connectivity index (χ4n) is 1.58. The van der Waals surface area contributed by atoms with Crippen molar-refractivity contribution in [3.05, 3.63) is 47.2 Å². The summed E-state index contributed by atoms with van der Waals surface area (Å²) in [5.74, 6) is 0.363. The molecule has 0 amide bonds. The van der Waals surface area contributed by atoms with Crippen LogP contribution in [0, 0.1) is 0 Å². The lowest BCUT2D eigenvalue weighted by Gasteiger charge is -2.04. The van der Waals surface area contributed by atoms with E-state index in [0.29, 0.717) is 5.82 Å². The van der Waals surface area contributed by atoms with Gasteiger partial charge in [-0.3, -0.25) is 14.3 Å². The zero-order valence-corrected chi connectivity index (χ0v) is 8.07. The quantitative estimate of drug-likeness (QED) is 0.598. The SMILES string of the molecule is O=c1ccc2cnccc2n1-c1conn1. The molecule has 0 bridgehead atoms. The highest BCUT2D eigenvalue weighted by molar-refractivity contribution is 5.78. The molecule has 0 fully saturated rings. The standard InChI is InChI=1S/C10H6N4O2/c15-10-2-1-7-5-11-4-3-8(7)14(10)9-6-16-13-12-9/h1-6H. The van der Waals surface area contributed by atoms with Crippen molar-refractivity contribution in [1.82, 2.24) is 19.9 Å². The summed E-state index contributed by atoms with van der Waals surface area (Å²) in [5.41, 5.74) is 0.535. The Bertz CT molecular complexity index is 687. The predicted molar refractivity (Wildman–Crippen MR) is 55.2 cm³/mol. The summed E-state index contributed by atoms with van der Waals surface area (Å²) in [5, 5.41) is 7.92. The van der Waals surface area contributed by atoms with E-state index in [1.165, 1.54) is 16.9 Å². The van der Waals surface area contributed by atoms with E-state index in [2.05, 4.69) is 19.9 Å². The summed E-state index contributed by atoms with van der Waals surface area (Å²) in [6, 6.07) is 4.92. The molecule has 3 heterocycles. The first-order valence-electron chi connectivity index (χ1n) is 4.59. The van der Waals surface area contributed by atoms with Crippen LogP contribution in [-0.4, -0.2) is 19.9 Å². The number of rotatable bonds is 1. The number of pyridine rings is 2. The Balaban J connectivity index is 2.47. The van der Waals surface area contributed by atoms with Gasteiger partial charge >= 0.3 is 0 Å². The third-order valence-electron chi connectivity index (χ3n) is 2.27. The van der Waals surface area contributed by atoms with E-state index in [4.69, 9.17) is 0 Å². The first-order chi connectivity index (χ1) is 7.86. The van der Waals surface area contributed by atoms with E-state index in [1.54, 1.807) is 24.5 Å². The molecule has 16 heavy (non-hydrogen) atoms. The molecule has 0 N–H and O–H groups in total. The second-order valence-electron chi connectivity index (χ2n) is 3.20. The van der Waals surface area contributed by atoms with Gasteiger partial charge in [-0.15, -0.1) is 0 Å². The Kier molecular flexibility index (Phi) is 1.79. The van der Waals surface area contributed by atoms with Gasteiger partial charge in [-0.05, 0) is 12.1 Å². The number of aromatic nitrogens is 4. The van der Waals surface area contributed by atoms with Crippen molar-refractivity contribution in [3.8, 4) is 5.82 Å². The predicted octanol–water partition coefficient (Wildman–Crippen LogP) is 0.769. The van der Waals surface area contributed by atoms with Crippen LogP contribution in [0.1, 0.15) is 0 Å². The minimum atomic E-state index is -0.186. The van der Waals surface area contributed by atoms with Gasteiger partial charge in [0, 0.05) is 29.1 Å². The molecule has 0 aliphatic heterocycles. The van der Waals surface area contributed by atoms with Crippen LogP contribution in [-0.2, 0) is 0 Å². The average molecular weight is 214 g/mol. The molecule has 3 rings (SSSR count). The van der Waals surface area contributed by atoms with Gasteiger partial charge in [0.2, 0.25) is 5.82 Å². The summed E-state index contributed by atoms with van der Waals surface area (Å²) in [6.07, 6.45) is 4.62. The number of nitrogens with zero attached hydrogens (tertiary/aromatic N) is 4. The van der Waals surface area contributed by atoms with Crippen molar-refractivity contribution in [2.75, 3.05) is 0 Å². The van der Waals surface area contributed by atoms with Crippen LogP contribution >= 0.6 is 0 Å². The summed E-state index contributed by atoms with van der Waals surface area (Å²) >= 11 is 0. The van der Waals surface area contributed by atoms with Crippen molar-refractivity contribution in [3.63, 3.8) is 0 Å². The van der Waals surface area contributed by atoms with E-state index in [1.807, 2.05) is 0 Å². The van der Waals surface area contributed by atoms with Crippen LogP contribution in [0.25, 0.3) is 16.7 Å². The van der Waals surface area contributed by atoms with Crippen LogP contribution in [0.15, 0.2) is 46.2 Å². The van der Waals surface area contributed by atoms with E-state index in [0.717, 1.165) is 10.9 Å². The first-order valence-corrected chi connectivity index (χ1v) is 4.59. The largest absolute Gasteiger partial charge is 0.343 e. The Hall–Kier alpha value is -2.50. The van der Waals surface area contributed by atoms with E-state index < -0.39 is 0 Å². The van der Waals surface area contributed by atoms with Gasteiger partial charge in [-0.2, -0.15) is 0 Å². The molecule has 6 heteroatoms. The van der Waals surface area contributed by atoms with E-state index in [9.17, 15) is 4.79 Å². The van der Waals surface area contributed by atoms with Crippen molar-refractivity contribution >= 4 is 10.9 Å². The topological polar surface area (TPSA) is 73.8 Å². The van der Waals surface area contributed by atoms with Crippen molar-refractivity contribution in [2.45, 2.75) is 0 Å². The molecule has 0 unspecified atom stereocenters. The maximum Gasteiger partial charge on any atom is 0.256 e. The van der Waals surface area contributed by atoms with Gasteiger partial charge in [-0.1, -0.05) is 5.10 Å². The minimum Gasteiger partial charge on any atom is -0.343 e. The van der Waals surface area contributed by atoms with Crippen LogP contribution in [0.4, 0.5) is 0 Å². The number of hydrogen-bond donors (Lipinski definition) is 0. The molecule has 0 saturated heterocycles. The molecule has 0 atom stereocenters. The van der Waals surface area contributed by atoms with Gasteiger partial charge < -0.3 is 4.52 Å². The molecule has 0 aromatic carbocycles. The number of fused-ring (bicyclic) bond motifs is 1. The Labute approximate surface area is 89.1 Å². The third-order valence-corrected chi connectivity index (χ3v) is 2.27. The number of hydrogen-bond acceptors (Lipinski definition) is 5. The lowest BCUT2D eigenvalue weighted by Crippen LogP contribution is -2.17. The fraction of sp³-hybridized carbons (Fsp3) is 0. The van der Waals surface area contributed by atoms with Crippen molar-refractivity contribution < 1.29 is 4.52 Å². The lowest BCUT2D eigenvalue weighted by atomic mass is 10.2. The molecule has 0 aliphatic carbocycles. The average Bonchev–Trinajstić information content (AvgIpc) is 2.82. The van der Waals surface area contributed by atoms with Crippen LogP contribution < -0.4 is 5.56 Å². The van der Waals surface area contributed by atoms with Gasteiger partial charge in [0.05, 0.1) is 5.52 Å². The molecule has 0 aliphatic rings. The van der Waals surface area contributed by atoms with Crippen LogP contribution in [0.2, 0.25) is 0 Å². The Morgan fingerprint density at radius 3 is 3.00 bits per heavy atom. The summed E-state index contributed by atoms with van der Waals surface area (Å²) in [7, 11) is 0. The highest BCUT2D eigenvalue weighted by Gasteiger charge is 2.07. The molecule has 3 aromatic rings. The van der Waals surface area contributed by atoms with Crippen LogP contribution in [0.5, 0.6) is 0 Å². The molecule has 78 valence electrons. The summed E-state index contributed by atoms with van der Waals surface area (Å²) < 4.78 is 6.06. The maximum atomic E-state index is 11.8. The maximum absolute atomic E-state index is 11.8. The Morgan fingerprint density at radius 1 is 1.25 bits per heavy atom.